The number of hydrogen-bond donors (Lipinski definition) is 4. The monoisotopic (exact) mass is 480 g/mol. The van der Waals surface area contributed by atoms with Crippen LogP contribution in [-0.2, 0) is 4.79 Å². The van der Waals surface area contributed by atoms with E-state index in [1.807, 2.05) is 32.9 Å². The average Bonchev–Trinajstić information content (AvgIpc) is 2.76. The Hall–Kier alpha value is -1.43. The molecule has 0 saturated heterocycles. The Kier molecular flexibility index (Phi) is 14.9. The van der Waals surface area contributed by atoms with Gasteiger partial charge in [0.05, 0.1) is 18.3 Å². The molecule has 9 unspecified atom stereocenters. The Bertz CT molecular complexity index is 707. The lowest BCUT2D eigenvalue weighted by Gasteiger charge is -2.28. The summed E-state index contributed by atoms with van der Waals surface area (Å²) < 4.78 is 0. The predicted molar refractivity (Wildman–Crippen MR) is 141 cm³/mol. The van der Waals surface area contributed by atoms with Gasteiger partial charge >= 0.3 is 5.97 Å². The number of carboxylic acids is 1. The summed E-state index contributed by atoms with van der Waals surface area (Å²) in [6.07, 6.45) is 6.65. The average molecular weight is 481 g/mol. The number of carboxylic acid groups (broad SMARTS) is 1. The lowest BCUT2D eigenvalue weighted by molar-refractivity contribution is -0.132. The van der Waals surface area contributed by atoms with Gasteiger partial charge in [0.25, 0.3) is 0 Å². The molecule has 34 heavy (non-hydrogen) atoms. The zero-order valence-corrected chi connectivity index (χ0v) is 23.2. The van der Waals surface area contributed by atoms with Crippen molar-refractivity contribution in [2.45, 2.75) is 107 Å². The Morgan fingerprint density at radius 2 is 1.15 bits per heavy atom. The van der Waals surface area contributed by atoms with E-state index in [4.69, 9.17) is 5.11 Å². The van der Waals surface area contributed by atoms with Crippen LogP contribution >= 0.6 is 0 Å². The Labute approximate surface area is 208 Å². The highest BCUT2D eigenvalue weighted by molar-refractivity contribution is 5.85. The third-order valence-corrected chi connectivity index (χ3v) is 7.23. The highest BCUT2D eigenvalue weighted by Gasteiger charge is 2.24. The zero-order valence-electron chi connectivity index (χ0n) is 23.2. The number of rotatable bonds is 15. The summed E-state index contributed by atoms with van der Waals surface area (Å²) in [7, 11) is 0. The molecule has 198 valence electrons. The molecule has 0 aromatic carbocycles. The molecule has 0 fully saturated rings. The Morgan fingerprint density at radius 1 is 0.706 bits per heavy atom. The molecular formula is C29H52O5. The minimum atomic E-state index is -0.999. The van der Waals surface area contributed by atoms with Crippen LogP contribution in [0, 0.1) is 35.5 Å². The highest BCUT2D eigenvalue weighted by Crippen LogP contribution is 2.27. The van der Waals surface area contributed by atoms with Crippen LogP contribution in [-0.4, -0.2) is 44.7 Å². The maximum atomic E-state index is 11.0. The number of hydrogen-bond acceptors (Lipinski definition) is 4. The van der Waals surface area contributed by atoms with Gasteiger partial charge in [-0.3, -0.25) is 0 Å². The van der Waals surface area contributed by atoms with Crippen LogP contribution in [0.4, 0.5) is 0 Å². The van der Waals surface area contributed by atoms with E-state index in [-0.39, 0.29) is 29.2 Å². The maximum Gasteiger partial charge on any atom is 0.330 e. The normalized spacial score (nSPS) is 21.7. The van der Waals surface area contributed by atoms with Crippen LogP contribution in [0.25, 0.3) is 0 Å². The van der Waals surface area contributed by atoms with Crippen molar-refractivity contribution < 1.29 is 25.2 Å². The summed E-state index contributed by atoms with van der Waals surface area (Å²) in [5, 5.41) is 41.3. The van der Waals surface area contributed by atoms with Crippen molar-refractivity contribution in [1.82, 2.24) is 0 Å². The van der Waals surface area contributed by atoms with Crippen molar-refractivity contribution in [3.8, 4) is 0 Å². The predicted octanol–water partition coefficient (Wildman–Crippen LogP) is 6.00. The van der Waals surface area contributed by atoms with Crippen molar-refractivity contribution in [3.63, 3.8) is 0 Å². The standard InChI is InChI=1S/C29H52O5/c1-11-17(2)12-18(3)13-19(4)26(30)20(5)14-21(6)27(31)22(7)15-23(8)28(32)24(9)16-25(10)29(33)34/h14-20,22,24,26-28,30-32H,11-13H2,1-10H3,(H,33,34). The molecule has 4 N–H and O–H groups in total. The highest BCUT2D eigenvalue weighted by atomic mass is 16.4. The first-order valence-corrected chi connectivity index (χ1v) is 12.9. The summed E-state index contributed by atoms with van der Waals surface area (Å²) in [4.78, 5) is 11.0. The smallest absolute Gasteiger partial charge is 0.330 e. The summed E-state index contributed by atoms with van der Waals surface area (Å²) in [6.45, 7) is 19.7. The number of aliphatic hydroxyl groups is 3. The third-order valence-electron chi connectivity index (χ3n) is 7.23. The maximum absolute atomic E-state index is 11.0. The van der Waals surface area contributed by atoms with Crippen molar-refractivity contribution in [2.24, 2.45) is 35.5 Å². The van der Waals surface area contributed by atoms with E-state index in [0.717, 1.165) is 12.0 Å². The molecule has 9 atom stereocenters. The molecule has 0 aliphatic rings. The second-order valence-electron chi connectivity index (χ2n) is 11.0. The first kappa shape index (κ1) is 32.6. The summed E-state index contributed by atoms with van der Waals surface area (Å²) in [5.74, 6) is -0.223. The molecule has 0 amide bonds. The molecule has 5 heteroatoms. The number of aliphatic hydroxyl groups excluding tert-OH is 3. The van der Waals surface area contributed by atoms with Crippen molar-refractivity contribution in [1.29, 1.82) is 0 Å². The van der Waals surface area contributed by atoms with Gasteiger partial charge in [-0.25, -0.2) is 4.79 Å². The molecule has 0 saturated carbocycles. The molecular weight excluding hydrogens is 428 g/mol. The summed E-state index contributed by atoms with van der Waals surface area (Å²) >= 11 is 0. The molecule has 0 heterocycles. The SMILES string of the molecule is CCC(C)CC(C)CC(C)C(O)C(C)C=C(C)C(O)C(C)C=C(C)C(O)C(C)C=C(C)C(=O)O. The van der Waals surface area contributed by atoms with Gasteiger partial charge in [0, 0.05) is 23.3 Å². The molecule has 0 spiro atoms. The van der Waals surface area contributed by atoms with Gasteiger partial charge in [0.2, 0.25) is 0 Å². The van der Waals surface area contributed by atoms with E-state index in [0.29, 0.717) is 17.4 Å². The lowest BCUT2D eigenvalue weighted by Crippen LogP contribution is -2.27. The fourth-order valence-electron chi connectivity index (χ4n) is 4.84. The quantitative estimate of drug-likeness (QED) is 0.170. The van der Waals surface area contributed by atoms with Crippen LogP contribution in [0.1, 0.15) is 88.5 Å². The Morgan fingerprint density at radius 3 is 1.59 bits per heavy atom. The first-order chi connectivity index (χ1) is 15.6. The molecule has 0 radical (unpaired) electrons. The number of aliphatic carboxylic acids is 1. The van der Waals surface area contributed by atoms with E-state index in [1.165, 1.54) is 19.8 Å². The van der Waals surface area contributed by atoms with E-state index in [1.54, 1.807) is 19.9 Å². The van der Waals surface area contributed by atoms with E-state index >= 15 is 0 Å². The van der Waals surface area contributed by atoms with Crippen molar-refractivity contribution in [3.05, 3.63) is 34.9 Å². The lowest BCUT2D eigenvalue weighted by atomic mass is 9.82. The van der Waals surface area contributed by atoms with Crippen LogP contribution in [0.5, 0.6) is 0 Å². The zero-order chi connectivity index (χ0) is 26.7. The second-order valence-corrected chi connectivity index (χ2v) is 11.0. The van der Waals surface area contributed by atoms with Crippen molar-refractivity contribution >= 4 is 5.97 Å². The molecule has 0 aliphatic carbocycles. The minimum absolute atomic E-state index is 0.0764. The van der Waals surface area contributed by atoms with Gasteiger partial charge in [-0.05, 0) is 62.5 Å². The van der Waals surface area contributed by atoms with Gasteiger partial charge < -0.3 is 20.4 Å². The van der Waals surface area contributed by atoms with E-state index < -0.39 is 24.3 Å². The summed E-state index contributed by atoms with van der Waals surface area (Å²) in [6, 6.07) is 0. The van der Waals surface area contributed by atoms with E-state index in [2.05, 4.69) is 27.7 Å². The Balaban J connectivity index is 5.16. The fraction of sp³-hybridized carbons (Fsp3) is 0.759. The van der Waals surface area contributed by atoms with Crippen LogP contribution in [0.15, 0.2) is 34.9 Å². The van der Waals surface area contributed by atoms with Gasteiger partial charge in [0.1, 0.15) is 0 Å². The molecule has 0 aromatic heterocycles. The minimum Gasteiger partial charge on any atom is -0.478 e. The molecule has 0 aliphatic heterocycles. The third kappa shape index (κ3) is 11.3. The van der Waals surface area contributed by atoms with Crippen LogP contribution in [0.2, 0.25) is 0 Å². The van der Waals surface area contributed by atoms with Gasteiger partial charge in [-0.1, -0.05) is 73.1 Å². The molecule has 0 bridgehead atoms. The largest absolute Gasteiger partial charge is 0.478 e. The van der Waals surface area contributed by atoms with Crippen LogP contribution < -0.4 is 0 Å². The van der Waals surface area contributed by atoms with Gasteiger partial charge in [-0.2, -0.15) is 0 Å². The van der Waals surface area contributed by atoms with E-state index in [9.17, 15) is 20.1 Å². The second kappa shape index (κ2) is 15.5. The van der Waals surface area contributed by atoms with Gasteiger partial charge in [0.15, 0.2) is 0 Å². The van der Waals surface area contributed by atoms with Crippen molar-refractivity contribution in [2.75, 3.05) is 0 Å². The molecule has 0 aromatic rings. The van der Waals surface area contributed by atoms with Gasteiger partial charge in [-0.15, -0.1) is 0 Å². The first-order valence-electron chi connectivity index (χ1n) is 12.9. The molecule has 0 rings (SSSR count). The molecule has 5 nitrogen and oxygen atoms in total. The number of carbonyl (C=O) groups is 1. The fourth-order valence-corrected chi connectivity index (χ4v) is 4.84. The topological polar surface area (TPSA) is 98.0 Å². The summed E-state index contributed by atoms with van der Waals surface area (Å²) in [5.41, 5.74) is 1.69. The van der Waals surface area contributed by atoms with Crippen LogP contribution in [0.3, 0.4) is 0 Å².